The molecule has 7 nitrogen and oxygen atoms in total. The van der Waals surface area contributed by atoms with E-state index in [1.165, 1.54) is 14.2 Å². The molecule has 1 heterocycles. The number of para-hydroxylation sites is 2. The van der Waals surface area contributed by atoms with E-state index in [2.05, 4.69) is 9.97 Å². The van der Waals surface area contributed by atoms with Crippen LogP contribution in [0.1, 0.15) is 5.82 Å². The third kappa shape index (κ3) is 3.51. The zero-order valence-electron chi connectivity index (χ0n) is 11.8. The fourth-order valence-electron chi connectivity index (χ4n) is 1.72. The molecule has 0 aliphatic heterocycles. The zero-order chi connectivity index (χ0) is 15.2. The third-order valence-corrected chi connectivity index (χ3v) is 2.73. The van der Waals surface area contributed by atoms with Crippen molar-refractivity contribution in [1.82, 2.24) is 9.97 Å². The summed E-state index contributed by atoms with van der Waals surface area (Å²) in [5.41, 5.74) is -0.570. The van der Waals surface area contributed by atoms with Gasteiger partial charge in [-0.25, -0.2) is 0 Å². The SMILES string of the molecule is COCCc1nc(O)c(Oc2ccccc2OC)c(=O)[nH]1. The van der Waals surface area contributed by atoms with Gasteiger partial charge in [0.05, 0.1) is 13.7 Å². The van der Waals surface area contributed by atoms with E-state index in [1.807, 2.05) is 0 Å². The molecule has 112 valence electrons. The Morgan fingerprint density at radius 2 is 1.95 bits per heavy atom. The molecule has 0 aliphatic carbocycles. The topological polar surface area (TPSA) is 93.7 Å². The van der Waals surface area contributed by atoms with E-state index in [4.69, 9.17) is 14.2 Å². The van der Waals surface area contributed by atoms with Gasteiger partial charge < -0.3 is 24.3 Å². The monoisotopic (exact) mass is 292 g/mol. The van der Waals surface area contributed by atoms with E-state index in [0.29, 0.717) is 30.4 Å². The second kappa shape index (κ2) is 6.76. The smallest absolute Gasteiger partial charge is 0.298 e. The molecule has 0 spiro atoms. The summed E-state index contributed by atoms with van der Waals surface area (Å²) < 4.78 is 15.4. The predicted molar refractivity (Wildman–Crippen MR) is 75.2 cm³/mol. The first-order chi connectivity index (χ1) is 10.2. The summed E-state index contributed by atoms with van der Waals surface area (Å²) in [6.07, 6.45) is 0.383. The lowest BCUT2D eigenvalue weighted by Crippen LogP contribution is -2.15. The maximum Gasteiger partial charge on any atom is 0.298 e. The van der Waals surface area contributed by atoms with Gasteiger partial charge in [0.1, 0.15) is 5.82 Å². The number of nitrogens with one attached hydrogen (secondary N) is 1. The van der Waals surface area contributed by atoms with Gasteiger partial charge in [-0.15, -0.1) is 0 Å². The Hall–Kier alpha value is -2.54. The minimum atomic E-state index is -0.570. The number of rotatable bonds is 6. The van der Waals surface area contributed by atoms with Crippen molar-refractivity contribution in [3.63, 3.8) is 0 Å². The number of nitrogens with zero attached hydrogens (tertiary/aromatic N) is 1. The highest BCUT2D eigenvalue weighted by atomic mass is 16.5. The Kier molecular flexibility index (Phi) is 4.78. The van der Waals surface area contributed by atoms with Crippen molar-refractivity contribution in [2.75, 3.05) is 20.8 Å². The second-order valence-electron chi connectivity index (χ2n) is 4.16. The van der Waals surface area contributed by atoms with Crippen LogP contribution in [0.2, 0.25) is 0 Å². The minimum absolute atomic E-state index is 0.277. The molecule has 1 aromatic carbocycles. The van der Waals surface area contributed by atoms with Crippen LogP contribution in [-0.2, 0) is 11.2 Å². The molecule has 0 atom stereocenters. The lowest BCUT2D eigenvalue weighted by atomic mass is 10.3. The van der Waals surface area contributed by atoms with E-state index < -0.39 is 11.4 Å². The van der Waals surface area contributed by atoms with Crippen LogP contribution in [0, 0.1) is 0 Å². The van der Waals surface area contributed by atoms with Crippen molar-refractivity contribution >= 4 is 0 Å². The Bertz CT molecular complexity index is 669. The minimum Gasteiger partial charge on any atom is -0.493 e. The number of hydrogen-bond acceptors (Lipinski definition) is 6. The number of ether oxygens (including phenoxy) is 3. The fraction of sp³-hybridized carbons (Fsp3) is 0.286. The van der Waals surface area contributed by atoms with Crippen molar-refractivity contribution < 1.29 is 19.3 Å². The van der Waals surface area contributed by atoms with Gasteiger partial charge >= 0.3 is 0 Å². The lowest BCUT2D eigenvalue weighted by Gasteiger charge is -2.10. The summed E-state index contributed by atoms with van der Waals surface area (Å²) in [7, 11) is 3.02. The number of H-pyrrole nitrogens is 1. The summed E-state index contributed by atoms with van der Waals surface area (Å²) in [4.78, 5) is 18.4. The highest BCUT2D eigenvalue weighted by molar-refractivity contribution is 5.44. The molecule has 2 rings (SSSR count). The highest BCUT2D eigenvalue weighted by Gasteiger charge is 2.15. The van der Waals surface area contributed by atoms with Crippen LogP contribution in [0.5, 0.6) is 23.1 Å². The molecule has 0 bridgehead atoms. The molecule has 0 aliphatic rings. The molecule has 1 aromatic heterocycles. The van der Waals surface area contributed by atoms with Gasteiger partial charge in [-0.05, 0) is 12.1 Å². The molecule has 0 radical (unpaired) electrons. The van der Waals surface area contributed by atoms with Gasteiger partial charge in [-0.3, -0.25) is 4.79 Å². The predicted octanol–water partition coefficient (Wildman–Crippen LogP) is 1.47. The number of aromatic amines is 1. The van der Waals surface area contributed by atoms with Crippen molar-refractivity contribution in [1.29, 1.82) is 0 Å². The van der Waals surface area contributed by atoms with Gasteiger partial charge in [-0.1, -0.05) is 12.1 Å². The average molecular weight is 292 g/mol. The summed E-state index contributed by atoms with van der Waals surface area (Å²) >= 11 is 0. The van der Waals surface area contributed by atoms with E-state index in [0.717, 1.165) is 0 Å². The molecule has 2 aromatic rings. The number of aromatic hydroxyl groups is 1. The number of aromatic nitrogens is 2. The molecule has 0 saturated heterocycles. The lowest BCUT2D eigenvalue weighted by molar-refractivity contribution is 0.200. The van der Waals surface area contributed by atoms with Crippen LogP contribution in [0.15, 0.2) is 29.1 Å². The number of hydrogen-bond donors (Lipinski definition) is 2. The molecule has 21 heavy (non-hydrogen) atoms. The van der Waals surface area contributed by atoms with Crippen molar-refractivity contribution in [3.8, 4) is 23.1 Å². The van der Waals surface area contributed by atoms with E-state index >= 15 is 0 Å². The Morgan fingerprint density at radius 1 is 1.24 bits per heavy atom. The van der Waals surface area contributed by atoms with Crippen molar-refractivity contribution in [2.24, 2.45) is 0 Å². The molecule has 0 amide bonds. The zero-order valence-corrected chi connectivity index (χ0v) is 11.8. The van der Waals surface area contributed by atoms with Gasteiger partial charge in [0, 0.05) is 13.5 Å². The summed E-state index contributed by atoms with van der Waals surface area (Å²) in [6.45, 7) is 0.384. The molecule has 7 heteroatoms. The quantitative estimate of drug-likeness (QED) is 0.837. The van der Waals surface area contributed by atoms with Crippen LogP contribution < -0.4 is 15.0 Å². The maximum absolute atomic E-state index is 12.0. The van der Waals surface area contributed by atoms with E-state index in [-0.39, 0.29) is 5.75 Å². The van der Waals surface area contributed by atoms with E-state index in [9.17, 15) is 9.90 Å². The summed E-state index contributed by atoms with van der Waals surface area (Å²) in [6, 6.07) is 6.79. The van der Waals surface area contributed by atoms with Crippen LogP contribution in [0.4, 0.5) is 0 Å². The largest absolute Gasteiger partial charge is 0.493 e. The van der Waals surface area contributed by atoms with Gasteiger partial charge in [0.15, 0.2) is 11.5 Å². The highest BCUT2D eigenvalue weighted by Crippen LogP contribution is 2.32. The number of methoxy groups -OCH3 is 2. The fourth-order valence-corrected chi connectivity index (χ4v) is 1.72. The molecule has 0 fully saturated rings. The van der Waals surface area contributed by atoms with Gasteiger partial charge in [0.25, 0.3) is 17.2 Å². The number of benzene rings is 1. The second-order valence-corrected chi connectivity index (χ2v) is 4.16. The van der Waals surface area contributed by atoms with Crippen molar-refractivity contribution in [2.45, 2.75) is 6.42 Å². The van der Waals surface area contributed by atoms with Crippen LogP contribution >= 0.6 is 0 Å². The Labute approximate surface area is 121 Å². The Morgan fingerprint density at radius 3 is 2.57 bits per heavy atom. The molecule has 2 N–H and O–H groups in total. The first kappa shape index (κ1) is 14.9. The van der Waals surface area contributed by atoms with Crippen LogP contribution in [-0.4, -0.2) is 35.9 Å². The summed E-state index contributed by atoms with van der Waals surface area (Å²) in [5.74, 6) is 0.329. The molecule has 0 unspecified atom stereocenters. The average Bonchev–Trinajstić information content (AvgIpc) is 2.49. The standard InChI is InChI=1S/C14H16N2O5/c1-19-8-7-11-15-13(17)12(14(18)16-11)21-10-6-4-3-5-9(10)20-2/h3-6H,7-8H2,1-2H3,(H2,15,16,17,18). The third-order valence-electron chi connectivity index (χ3n) is 2.73. The van der Waals surface area contributed by atoms with Gasteiger partial charge in [0.2, 0.25) is 0 Å². The molecular weight excluding hydrogens is 276 g/mol. The van der Waals surface area contributed by atoms with Crippen LogP contribution in [0.3, 0.4) is 0 Å². The van der Waals surface area contributed by atoms with Gasteiger partial charge in [-0.2, -0.15) is 4.98 Å². The molecular formula is C14H16N2O5. The first-order valence-electron chi connectivity index (χ1n) is 6.27. The summed E-state index contributed by atoms with van der Waals surface area (Å²) in [5, 5.41) is 9.86. The molecule has 0 saturated carbocycles. The first-order valence-corrected chi connectivity index (χ1v) is 6.27. The van der Waals surface area contributed by atoms with Crippen molar-refractivity contribution in [3.05, 3.63) is 40.4 Å². The van der Waals surface area contributed by atoms with Crippen LogP contribution in [0.25, 0.3) is 0 Å². The Balaban J connectivity index is 2.30. The van der Waals surface area contributed by atoms with E-state index in [1.54, 1.807) is 24.3 Å². The maximum atomic E-state index is 12.0. The normalized spacial score (nSPS) is 10.4.